The number of oxime groups is 1. The summed E-state index contributed by atoms with van der Waals surface area (Å²) in [6.07, 6.45) is 1.26. The SMILES string of the molecule is CO/N=C(\c1ncon1)c1ccccc1COc1cc(C)ccc1C. The van der Waals surface area contributed by atoms with Crippen molar-refractivity contribution in [1.82, 2.24) is 10.1 Å². The summed E-state index contributed by atoms with van der Waals surface area (Å²) in [6.45, 7) is 4.46. The molecule has 0 radical (unpaired) electrons. The van der Waals surface area contributed by atoms with Crippen molar-refractivity contribution in [3.63, 3.8) is 0 Å². The average Bonchev–Trinajstić information content (AvgIpc) is 3.15. The van der Waals surface area contributed by atoms with Crippen LogP contribution in [0.4, 0.5) is 0 Å². The summed E-state index contributed by atoms with van der Waals surface area (Å²) in [5, 5.41) is 7.92. The van der Waals surface area contributed by atoms with E-state index in [9.17, 15) is 0 Å². The lowest BCUT2D eigenvalue weighted by atomic mass is 10.0. The van der Waals surface area contributed by atoms with Crippen LogP contribution in [0, 0.1) is 13.8 Å². The lowest BCUT2D eigenvalue weighted by Crippen LogP contribution is -2.11. The first-order chi connectivity index (χ1) is 12.2. The van der Waals surface area contributed by atoms with E-state index in [1.54, 1.807) is 0 Å². The third-order valence-electron chi connectivity index (χ3n) is 3.75. The lowest BCUT2D eigenvalue weighted by Gasteiger charge is -2.13. The molecule has 6 heteroatoms. The molecule has 6 nitrogen and oxygen atoms in total. The molecule has 0 unspecified atom stereocenters. The van der Waals surface area contributed by atoms with Crippen molar-refractivity contribution in [1.29, 1.82) is 0 Å². The third kappa shape index (κ3) is 3.85. The van der Waals surface area contributed by atoms with Crippen LogP contribution in [0.5, 0.6) is 5.75 Å². The van der Waals surface area contributed by atoms with Gasteiger partial charge in [0, 0.05) is 5.56 Å². The van der Waals surface area contributed by atoms with E-state index in [0.29, 0.717) is 18.1 Å². The van der Waals surface area contributed by atoms with Gasteiger partial charge in [-0.15, -0.1) is 0 Å². The van der Waals surface area contributed by atoms with Gasteiger partial charge in [0.1, 0.15) is 19.5 Å². The minimum Gasteiger partial charge on any atom is -0.489 e. The first-order valence-electron chi connectivity index (χ1n) is 7.85. The smallest absolute Gasteiger partial charge is 0.224 e. The van der Waals surface area contributed by atoms with Gasteiger partial charge in [0.15, 0.2) is 5.71 Å². The Morgan fingerprint density at radius 3 is 2.76 bits per heavy atom. The van der Waals surface area contributed by atoms with Gasteiger partial charge < -0.3 is 14.1 Å². The van der Waals surface area contributed by atoms with Crippen LogP contribution in [0.1, 0.15) is 28.1 Å². The van der Waals surface area contributed by atoms with Crippen molar-refractivity contribution in [2.24, 2.45) is 5.16 Å². The van der Waals surface area contributed by atoms with E-state index in [-0.39, 0.29) is 0 Å². The van der Waals surface area contributed by atoms with Gasteiger partial charge in [0.25, 0.3) is 0 Å². The highest BCUT2D eigenvalue weighted by atomic mass is 16.6. The molecule has 25 heavy (non-hydrogen) atoms. The number of hydrogen-bond acceptors (Lipinski definition) is 6. The maximum Gasteiger partial charge on any atom is 0.224 e. The van der Waals surface area contributed by atoms with Crippen LogP contribution in [-0.4, -0.2) is 23.0 Å². The fourth-order valence-corrected chi connectivity index (χ4v) is 2.47. The van der Waals surface area contributed by atoms with Gasteiger partial charge in [-0.1, -0.05) is 46.7 Å². The Labute approximate surface area is 146 Å². The first kappa shape index (κ1) is 16.7. The van der Waals surface area contributed by atoms with Gasteiger partial charge in [0.2, 0.25) is 12.2 Å². The molecule has 0 bridgehead atoms. The summed E-state index contributed by atoms with van der Waals surface area (Å²) in [5.41, 5.74) is 4.52. The second-order valence-corrected chi connectivity index (χ2v) is 5.59. The standard InChI is InChI=1S/C19H19N3O3/c1-13-8-9-14(2)17(10-13)24-11-15-6-4-5-7-16(15)18(21-23-3)19-20-12-25-22-19/h4-10,12H,11H2,1-3H3/b21-18-. The van der Waals surface area contributed by atoms with Crippen LogP contribution in [0.15, 0.2) is 58.5 Å². The van der Waals surface area contributed by atoms with Gasteiger partial charge in [-0.2, -0.15) is 4.98 Å². The van der Waals surface area contributed by atoms with Crippen LogP contribution in [-0.2, 0) is 11.4 Å². The number of benzene rings is 2. The number of rotatable bonds is 6. The maximum absolute atomic E-state index is 6.03. The van der Waals surface area contributed by atoms with Crippen LogP contribution in [0.3, 0.4) is 0 Å². The molecule has 0 amide bonds. The topological polar surface area (TPSA) is 69.7 Å². The molecular weight excluding hydrogens is 318 g/mol. The summed E-state index contributed by atoms with van der Waals surface area (Å²) >= 11 is 0. The molecule has 0 aliphatic carbocycles. The second-order valence-electron chi connectivity index (χ2n) is 5.59. The molecule has 0 atom stereocenters. The van der Waals surface area contributed by atoms with Crippen molar-refractivity contribution < 1.29 is 14.1 Å². The molecule has 128 valence electrons. The average molecular weight is 337 g/mol. The van der Waals surface area contributed by atoms with E-state index in [1.165, 1.54) is 13.5 Å². The van der Waals surface area contributed by atoms with E-state index in [4.69, 9.17) is 14.1 Å². The van der Waals surface area contributed by atoms with E-state index >= 15 is 0 Å². The Hall–Kier alpha value is -3.15. The zero-order chi connectivity index (χ0) is 17.6. The summed E-state index contributed by atoms with van der Waals surface area (Å²) in [6, 6.07) is 13.9. The Morgan fingerprint density at radius 2 is 2.00 bits per heavy atom. The van der Waals surface area contributed by atoms with E-state index < -0.39 is 0 Å². The number of aromatic nitrogens is 2. The molecule has 3 aromatic rings. The molecule has 0 aliphatic rings. The Kier molecular flexibility index (Phi) is 5.09. The summed E-state index contributed by atoms with van der Waals surface area (Å²) in [5.74, 6) is 1.22. The minimum atomic E-state index is 0.362. The zero-order valence-corrected chi connectivity index (χ0v) is 14.4. The first-order valence-corrected chi connectivity index (χ1v) is 7.85. The Balaban J connectivity index is 1.90. The number of ether oxygens (including phenoxy) is 1. The molecule has 0 saturated heterocycles. The van der Waals surface area contributed by atoms with Crippen LogP contribution in [0.2, 0.25) is 0 Å². The molecule has 1 heterocycles. The van der Waals surface area contributed by atoms with Gasteiger partial charge in [-0.05, 0) is 36.6 Å². The minimum absolute atomic E-state index is 0.362. The van der Waals surface area contributed by atoms with Crippen molar-refractivity contribution in [3.05, 3.63) is 76.9 Å². The maximum atomic E-state index is 6.03. The Bertz CT molecular complexity index is 873. The predicted molar refractivity (Wildman–Crippen MR) is 93.6 cm³/mol. The number of aryl methyl sites for hydroxylation is 2. The van der Waals surface area contributed by atoms with Gasteiger partial charge in [-0.3, -0.25) is 0 Å². The molecule has 0 fully saturated rings. The molecule has 0 saturated carbocycles. The van der Waals surface area contributed by atoms with Crippen LogP contribution in [0.25, 0.3) is 0 Å². The van der Waals surface area contributed by atoms with E-state index in [2.05, 4.69) is 21.4 Å². The summed E-state index contributed by atoms with van der Waals surface area (Å²) in [4.78, 5) is 9.03. The largest absolute Gasteiger partial charge is 0.489 e. The van der Waals surface area contributed by atoms with Gasteiger partial charge in [0.05, 0.1) is 0 Å². The monoisotopic (exact) mass is 337 g/mol. The van der Waals surface area contributed by atoms with E-state index in [1.807, 2.05) is 50.2 Å². The van der Waals surface area contributed by atoms with Crippen LogP contribution >= 0.6 is 0 Å². The highest BCUT2D eigenvalue weighted by Gasteiger charge is 2.17. The molecule has 2 aromatic carbocycles. The molecule has 0 aliphatic heterocycles. The number of nitrogens with zero attached hydrogens (tertiary/aromatic N) is 3. The zero-order valence-electron chi connectivity index (χ0n) is 14.4. The highest BCUT2D eigenvalue weighted by molar-refractivity contribution is 6.11. The fraction of sp³-hybridized carbons (Fsp3) is 0.211. The van der Waals surface area contributed by atoms with Crippen molar-refractivity contribution in [2.45, 2.75) is 20.5 Å². The third-order valence-corrected chi connectivity index (χ3v) is 3.75. The molecule has 3 rings (SSSR count). The van der Waals surface area contributed by atoms with Crippen molar-refractivity contribution in [2.75, 3.05) is 7.11 Å². The summed E-state index contributed by atoms with van der Waals surface area (Å²) < 4.78 is 10.9. The fourth-order valence-electron chi connectivity index (χ4n) is 2.47. The number of hydrogen-bond donors (Lipinski definition) is 0. The van der Waals surface area contributed by atoms with Crippen molar-refractivity contribution >= 4 is 5.71 Å². The van der Waals surface area contributed by atoms with Gasteiger partial charge in [-0.25, -0.2) is 0 Å². The normalized spacial score (nSPS) is 11.4. The quantitative estimate of drug-likeness (QED) is 0.507. The van der Waals surface area contributed by atoms with Crippen molar-refractivity contribution in [3.8, 4) is 5.75 Å². The summed E-state index contributed by atoms with van der Waals surface area (Å²) in [7, 11) is 1.48. The molecular formula is C19H19N3O3. The molecule has 0 N–H and O–H groups in total. The highest BCUT2D eigenvalue weighted by Crippen LogP contribution is 2.22. The molecule has 1 aromatic heterocycles. The van der Waals surface area contributed by atoms with Gasteiger partial charge >= 0.3 is 0 Å². The Morgan fingerprint density at radius 1 is 1.16 bits per heavy atom. The van der Waals surface area contributed by atoms with E-state index in [0.717, 1.165) is 28.0 Å². The second kappa shape index (κ2) is 7.61. The predicted octanol–water partition coefficient (Wildman–Crippen LogP) is 3.66. The lowest BCUT2D eigenvalue weighted by molar-refractivity contribution is 0.213. The van der Waals surface area contributed by atoms with Crippen LogP contribution < -0.4 is 4.74 Å². The molecule has 0 spiro atoms.